The largest absolute Gasteiger partial charge is 0.311 e. The zero-order valence-electron chi connectivity index (χ0n) is 13.0. The first-order valence-electron chi connectivity index (χ1n) is 7.85. The van der Waals surface area contributed by atoms with Gasteiger partial charge in [0.05, 0.1) is 0 Å². The van der Waals surface area contributed by atoms with Crippen LogP contribution in [-0.2, 0) is 6.42 Å². The van der Waals surface area contributed by atoms with Crippen LogP contribution < -0.4 is 5.32 Å². The third kappa shape index (κ3) is 3.82. The van der Waals surface area contributed by atoms with Crippen LogP contribution in [0.5, 0.6) is 0 Å². The molecule has 0 saturated carbocycles. The molecule has 106 valence electrons. The predicted molar refractivity (Wildman–Crippen MR) is 83.7 cm³/mol. The lowest BCUT2D eigenvalue weighted by Crippen LogP contribution is -2.43. The lowest BCUT2D eigenvalue weighted by Gasteiger charge is -2.32. The maximum atomic E-state index is 3.79. The minimum atomic E-state index is 0.355. The molecule has 1 saturated heterocycles. The Morgan fingerprint density at radius 1 is 1.11 bits per heavy atom. The van der Waals surface area contributed by atoms with Gasteiger partial charge in [0, 0.05) is 5.54 Å². The van der Waals surface area contributed by atoms with E-state index in [1.165, 1.54) is 43.4 Å². The van der Waals surface area contributed by atoms with Crippen LogP contribution in [0.4, 0.5) is 0 Å². The van der Waals surface area contributed by atoms with Gasteiger partial charge in [-0.15, -0.1) is 0 Å². The van der Waals surface area contributed by atoms with E-state index in [1.807, 2.05) is 0 Å². The average Bonchev–Trinajstić information content (AvgIpc) is 2.77. The topological polar surface area (TPSA) is 12.0 Å². The molecule has 1 aromatic carbocycles. The molecule has 0 spiro atoms. The van der Waals surface area contributed by atoms with Crippen molar-refractivity contribution >= 4 is 0 Å². The van der Waals surface area contributed by atoms with Crippen molar-refractivity contribution in [3.63, 3.8) is 0 Å². The Morgan fingerprint density at radius 3 is 2.26 bits per heavy atom. The van der Waals surface area contributed by atoms with Gasteiger partial charge in [0.1, 0.15) is 0 Å². The molecule has 1 aliphatic rings. The first kappa shape index (κ1) is 14.6. The van der Waals surface area contributed by atoms with Crippen LogP contribution >= 0.6 is 0 Å². The van der Waals surface area contributed by atoms with Crippen LogP contribution in [0.1, 0.15) is 64.0 Å². The normalized spacial score (nSPS) is 23.5. The number of rotatable bonds is 5. The van der Waals surface area contributed by atoms with Crippen LogP contribution in [0.2, 0.25) is 0 Å². The van der Waals surface area contributed by atoms with Crippen LogP contribution in [0, 0.1) is 5.92 Å². The molecule has 1 unspecified atom stereocenters. The molecule has 1 heterocycles. The van der Waals surface area contributed by atoms with Crippen LogP contribution in [0.25, 0.3) is 0 Å². The summed E-state index contributed by atoms with van der Waals surface area (Å²) in [6.45, 7) is 10.4. The molecule has 1 heteroatoms. The van der Waals surface area contributed by atoms with Crippen molar-refractivity contribution in [3.05, 3.63) is 35.4 Å². The number of hydrogen-bond acceptors (Lipinski definition) is 1. The Balaban J connectivity index is 2.08. The maximum Gasteiger partial charge on any atom is 0.0224 e. The van der Waals surface area contributed by atoms with Crippen LogP contribution in [0.15, 0.2) is 24.3 Å². The van der Waals surface area contributed by atoms with E-state index < -0.39 is 0 Å². The highest BCUT2D eigenvalue weighted by Gasteiger charge is 2.33. The molecule has 1 nitrogen and oxygen atoms in total. The van der Waals surface area contributed by atoms with Gasteiger partial charge in [-0.1, -0.05) is 52.0 Å². The van der Waals surface area contributed by atoms with E-state index in [2.05, 4.69) is 57.3 Å². The summed E-state index contributed by atoms with van der Waals surface area (Å²) in [6, 6.07) is 9.27. The quantitative estimate of drug-likeness (QED) is 0.819. The van der Waals surface area contributed by atoms with Gasteiger partial charge in [-0.05, 0) is 55.2 Å². The fraction of sp³-hybridized carbons (Fsp3) is 0.667. The molecular weight excluding hydrogens is 230 g/mol. The van der Waals surface area contributed by atoms with Crippen molar-refractivity contribution in [2.75, 3.05) is 6.54 Å². The van der Waals surface area contributed by atoms with E-state index in [4.69, 9.17) is 0 Å². The van der Waals surface area contributed by atoms with E-state index in [0.29, 0.717) is 11.5 Å². The van der Waals surface area contributed by atoms with Crippen molar-refractivity contribution in [2.24, 2.45) is 5.92 Å². The molecule has 0 amide bonds. The summed E-state index contributed by atoms with van der Waals surface area (Å²) in [5.41, 5.74) is 3.29. The minimum absolute atomic E-state index is 0.355. The van der Waals surface area contributed by atoms with E-state index in [-0.39, 0.29) is 0 Å². The zero-order valence-corrected chi connectivity index (χ0v) is 13.0. The molecule has 0 aromatic heterocycles. The molecule has 2 rings (SSSR count). The SMILES string of the molecule is CC(C)CC1(Cc2ccc(C(C)C)cc2)CCCN1. The fourth-order valence-corrected chi connectivity index (χ4v) is 3.46. The Labute approximate surface area is 118 Å². The Bertz CT molecular complexity index is 383. The molecule has 0 radical (unpaired) electrons. The molecular formula is C18H29N. The second-order valence-corrected chi connectivity index (χ2v) is 6.98. The number of nitrogens with one attached hydrogen (secondary N) is 1. The van der Waals surface area contributed by atoms with Crippen molar-refractivity contribution in [1.82, 2.24) is 5.32 Å². The Morgan fingerprint density at radius 2 is 1.79 bits per heavy atom. The van der Waals surface area contributed by atoms with E-state index in [1.54, 1.807) is 0 Å². The Kier molecular flexibility index (Phi) is 4.67. The summed E-state index contributed by atoms with van der Waals surface area (Å²) in [5, 5.41) is 3.79. The van der Waals surface area contributed by atoms with Gasteiger partial charge in [-0.3, -0.25) is 0 Å². The summed E-state index contributed by atoms with van der Waals surface area (Å²) in [6.07, 6.45) is 5.14. The van der Waals surface area contributed by atoms with E-state index >= 15 is 0 Å². The first-order valence-corrected chi connectivity index (χ1v) is 7.85. The molecule has 1 aliphatic heterocycles. The monoisotopic (exact) mass is 259 g/mol. The molecule has 0 bridgehead atoms. The van der Waals surface area contributed by atoms with Gasteiger partial charge >= 0.3 is 0 Å². The lowest BCUT2D eigenvalue weighted by atomic mass is 9.82. The van der Waals surface area contributed by atoms with E-state index in [9.17, 15) is 0 Å². The maximum absolute atomic E-state index is 3.79. The number of hydrogen-bond donors (Lipinski definition) is 1. The van der Waals surface area contributed by atoms with Gasteiger partial charge in [0.15, 0.2) is 0 Å². The summed E-state index contributed by atoms with van der Waals surface area (Å²) in [4.78, 5) is 0. The van der Waals surface area contributed by atoms with Crippen molar-refractivity contribution in [3.8, 4) is 0 Å². The second-order valence-electron chi connectivity index (χ2n) is 6.98. The zero-order chi connectivity index (χ0) is 13.9. The van der Waals surface area contributed by atoms with Gasteiger partial charge in [0.2, 0.25) is 0 Å². The minimum Gasteiger partial charge on any atom is -0.311 e. The van der Waals surface area contributed by atoms with Crippen molar-refractivity contribution in [1.29, 1.82) is 0 Å². The van der Waals surface area contributed by atoms with E-state index in [0.717, 1.165) is 5.92 Å². The van der Waals surface area contributed by atoms with Gasteiger partial charge in [0.25, 0.3) is 0 Å². The van der Waals surface area contributed by atoms with Crippen molar-refractivity contribution in [2.45, 2.75) is 64.8 Å². The predicted octanol–water partition coefficient (Wildman–Crippen LogP) is 4.52. The van der Waals surface area contributed by atoms with Crippen LogP contribution in [0.3, 0.4) is 0 Å². The lowest BCUT2D eigenvalue weighted by molar-refractivity contribution is 0.301. The second kappa shape index (κ2) is 6.09. The molecule has 1 fully saturated rings. The highest BCUT2D eigenvalue weighted by atomic mass is 15.0. The highest BCUT2D eigenvalue weighted by molar-refractivity contribution is 5.26. The van der Waals surface area contributed by atoms with Crippen LogP contribution in [-0.4, -0.2) is 12.1 Å². The third-order valence-corrected chi connectivity index (χ3v) is 4.32. The van der Waals surface area contributed by atoms with Gasteiger partial charge < -0.3 is 5.32 Å². The molecule has 1 aromatic rings. The highest BCUT2D eigenvalue weighted by Crippen LogP contribution is 2.31. The molecule has 1 atom stereocenters. The summed E-state index contributed by atoms with van der Waals surface area (Å²) < 4.78 is 0. The molecule has 1 N–H and O–H groups in total. The Hall–Kier alpha value is -0.820. The third-order valence-electron chi connectivity index (χ3n) is 4.32. The van der Waals surface area contributed by atoms with Gasteiger partial charge in [-0.2, -0.15) is 0 Å². The fourth-order valence-electron chi connectivity index (χ4n) is 3.46. The summed E-state index contributed by atoms with van der Waals surface area (Å²) in [5.74, 6) is 1.39. The standard InChI is InChI=1S/C18H29N/c1-14(2)12-18(10-5-11-19-18)13-16-6-8-17(9-7-16)15(3)4/h6-9,14-15,19H,5,10-13H2,1-4H3. The van der Waals surface area contributed by atoms with Gasteiger partial charge in [-0.25, -0.2) is 0 Å². The van der Waals surface area contributed by atoms with Crippen molar-refractivity contribution < 1.29 is 0 Å². The molecule has 19 heavy (non-hydrogen) atoms. The average molecular weight is 259 g/mol. The summed E-state index contributed by atoms with van der Waals surface area (Å²) >= 11 is 0. The first-order chi connectivity index (χ1) is 9.01. The smallest absolute Gasteiger partial charge is 0.0224 e. The molecule has 0 aliphatic carbocycles. The summed E-state index contributed by atoms with van der Waals surface area (Å²) in [7, 11) is 0. The number of benzene rings is 1.